The number of ether oxygens (including phenoxy) is 1. The van der Waals surface area contributed by atoms with E-state index in [-0.39, 0.29) is 5.41 Å². The summed E-state index contributed by atoms with van der Waals surface area (Å²) in [5.74, 6) is 0.485. The number of alkyl halides is 3. The normalized spacial score (nSPS) is 12.9. The lowest BCUT2D eigenvalue weighted by atomic mass is 9.93. The average Bonchev–Trinajstić information content (AvgIpc) is 2.71. The lowest BCUT2D eigenvalue weighted by Gasteiger charge is -2.18. The second-order valence-corrected chi connectivity index (χ2v) is 6.06. The molecule has 0 aliphatic carbocycles. The monoisotopic (exact) mass is 285 g/mol. The van der Waals surface area contributed by atoms with Crippen molar-refractivity contribution >= 4 is 10.9 Å². The molecule has 1 aromatic carbocycles. The topological polar surface area (TPSA) is 25.0 Å². The molecule has 0 spiro atoms. The third-order valence-electron chi connectivity index (χ3n) is 3.04. The van der Waals surface area contributed by atoms with E-state index >= 15 is 0 Å². The van der Waals surface area contributed by atoms with Gasteiger partial charge in [0, 0.05) is 10.9 Å². The number of nitrogens with one attached hydrogen (secondary N) is 1. The highest BCUT2D eigenvalue weighted by molar-refractivity contribution is 5.86. The molecule has 0 bridgehead atoms. The number of aromatic amines is 1. The van der Waals surface area contributed by atoms with E-state index in [4.69, 9.17) is 4.74 Å². The van der Waals surface area contributed by atoms with Crippen molar-refractivity contribution < 1.29 is 17.9 Å². The van der Waals surface area contributed by atoms with E-state index in [2.05, 4.69) is 25.8 Å². The van der Waals surface area contributed by atoms with Gasteiger partial charge in [0.15, 0.2) is 0 Å². The first-order valence-electron chi connectivity index (χ1n) is 6.48. The zero-order valence-corrected chi connectivity index (χ0v) is 11.8. The lowest BCUT2D eigenvalue weighted by molar-refractivity contribution is -0.140. The Morgan fingerprint density at radius 2 is 1.85 bits per heavy atom. The Labute approximate surface area is 115 Å². The molecule has 0 fully saturated rings. The van der Waals surface area contributed by atoms with Crippen molar-refractivity contribution in [3.8, 4) is 5.75 Å². The summed E-state index contributed by atoms with van der Waals surface area (Å²) in [6.45, 7) is 6.76. The Kier molecular flexibility index (Phi) is 3.71. The van der Waals surface area contributed by atoms with Gasteiger partial charge in [0.1, 0.15) is 11.4 Å². The van der Waals surface area contributed by atoms with Gasteiger partial charge < -0.3 is 9.72 Å². The van der Waals surface area contributed by atoms with Crippen LogP contribution in [0, 0.1) is 5.41 Å². The van der Waals surface area contributed by atoms with E-state index in [0.29, 0.717) is 23.3 Å². The Morgan fingerprint density at radius 3 is 2.45 bits per heavy atom. The molecule has 0 saturated carbocycles. The van der Waals surface area contributed by atoms with Crippen LogP contribution in [0.25, 0.3) is 10.9 Å². The smallest absolute Gasteiger partial charge is 0.431 e. The molecular formula is C15H18F3NO. The van der Waals surface area contributed by atoms with Crippen LogP contribution < -0.4 is 4.74 Å². The van der Waals surface area contributed by atoms with Gasteiger partial charge in [-0.15, -0.1) is 0 Å². The van der Waals surface area contributed by atoms with Crippen molar-refractivity contribution in [2.75, 3.05) is 6.61 Å². The van der Waals surface area contributed by atoms with Crippen LogP contribution in [-0.2, 0) is 6.18 Å². The van der Waals surface area contributed by atoms with Gasteiger partial charge in [-0.2, -0.15) is 13.2 Å². The van der Waals surface area contributed by atoms with Gasteiger partial charge in [-0.1, -0.05) is 26.8 Å². The molecule has 0 radical (unpaired) electrons. The van der Waals surface area contributed by atoms with E-state index in [1.807, 2.05) is 0 Å². The number of aromatic nitrogens is 1. The molecule has 1 heterocycles. The molecule has 5 heteroatoms. The summed E-state index contributed by atoms with van der Waals surface area (Å²) in [7, 11) is 0. The highest BCUT2D eigenvalue weighted by atomic mass is 19.4. The van der Waals surface area contributed by atoms with Gasteiger partial charge in [0.05, 0.1) is 6.61 Å². The van der Waals surface area contributed by atoms with Crippen molar-refractivity contribution in [3.63, 3.8) is 0 Å². The Balaban J connectivity index is 2.23. The predicted octanol–water partition coefficient (Wildman–Crippen LogP) is 5.00. The van der Waals surface area contributed by atoms with Crippen molar-refractivity contribution in [2.45, 2.75) is 33.4 Å². The van der Waals surface area contributed by atoms with Gasteiger partial charge in [0.2, 0.25) is 0 Å². The zero-order chi connectivity index (χ0) is 15.0. The summed E-state index contributed by atoms with van der Waals surface area (Å²) in [5.41, 5.74) is -0.187. The van der Waals surface area contributed by atoms with E-state index in [9.17, 15) is 13.2 Å². The fourth-order valence-electron chi connectivity index (χ4n) is 1.87. The number of halogens is 3. The first-order valence-corrected chi connectivity index (χ1v) is 6.48. The molecule has 0 aliphatic heterocycles. The summed E-state index contributed by atoms with van der Waals surface area (Å²) in [6, 6.07) is 6.09. The van der Waals surface area contributed by atoms with Crippen LogP contribution in [0.4, 0.5) is 13.2 Å². The molecule has 110 valence electrons. The largest absolute Gasteiger partial charge is 0.493 e. The second kappa shape index (κ2) is 5.04. The SMILES string of the molecule is CC(C)(C)CCOc1cccc2[nH]c(C(F)(F)F)cc12. The van der Waals surface area contributed by atoms with Crippen LogP contribution in [0.15, 0.2) is 24.3 Å². The summed E-state index contributed by atoms with van der Waals surface area (Å²) in [5, 5.41) is 0.466. The molecule has 0 saturated heterocycles. The van der Waals surface area contributed by atoms with E-state index < -0.39 is 11.9 Å². The highest BCUT2D eigenvalue weighted by Gasteiger charge is 2.32. The van der Waals surface area contributed by atoms with Crippen molar-refractivity contribution in [3.05, 3.63) is 30.0 Å². The number of benzene rings is 1. The number of hydrogen-bond acceptors (Lipinski definition) is 1. The van der Waals surface area contributed by atoms with Gasteiger partial charge in [-0.25, -0.2) is 0 Å². The maximum Gasteiger partial charge on any atom is 0.431 e. The van der Waals surface area contributed by atoms with Crippen molar-refractivity contribution in [1.82, 2.24) is 4.98 Å². The predicted molar refractivity (Wildman–Crippen MR) is 72.9 cm³/mol. The van der Waals surface area contributed by atoms with Crippen LogP contribution in [0.2, 0.25) is 0 Å². The minimum Gasteiger partial charge on any atom is -0.493 e. The lowest BCUT2D eigenvalue weighted by Crippen LogP contribution is -2.11. The molecular weight excluding hydrogens is 267 g/mol. The summed E-state index contributed by atoms with van der Waals surface area (Å²) < 4.78 is 43.7. The third kappa shape index (κ3) is 3.46. The van der Waals surface area contributed by atoms with Gasteiger partial charge >= 0.3 is 6.18 Å². The molecule has 1 N–H and O–H groups in total. The van der Waals surface area contributed by atoms with E-state index in [1.54, 1.807) is 18.2 Å². The maximum atomic E-state index is 12.7. The van der Waals surface area contributed by atoms with E-state index in [0.717, 1.165) is 12.5 Å². The Bertz CT molecular complexity index is 593. The van der Waals surface area contributed by atoms with E-state index in [1.165, 1.54) is 0 Å². The molecule has 1 aromatic heterocycles. The second-order valence-electron chi connectivity index (χ2n) is 6.06. The zero-order valence-electron chi connectivity index (χ0n) is 11.8. The number of H-pyrrole nitrogens is 1. The molecule has 20 heavy (non-hydrogen) atoms. The van der Waals surface area contributed by atoms with Crippen LogP contribution in [-0.4, -0.2) is 11.6 Å². The van der Waals surface area contributed by atoms with Gasteiger partial charge in [0.25, 0.3) is 0 Å². The molecule has 2 rings (SSSR count). The third-order valence-corrected chi connectivity index (χ3v) is 3.04. The minimum atomic E-state index is -4.37. The first-order chi connectivity index (χ1) is 9.17. The minimum absolute atomic E-state index is 0.128. The van der Waals surface area contributed by atoms with Crippen LogP contribution in [0.1, 0.15) is 32.9 Å². The number of hydrogen-bond donors (Lipinski definition) is 1. The average molecular weight is 285 g/mol. The highest BCUT2D eigenvalue weighted by Crippen LogP contribution is 2.34. The molecule has 0 aliphatic rings. The quantitative estimate of drug-likeness (QED) is 0.843. The van der Waals surface area contributed by atoms with Crippen molar-refractivity contribution in [2.24, 2.45) is 5.41 Å². The molecule has 0 atom stereocenters. The van der Waals surface area contributed by atoms with Gasteiger partial charge in [-0.3, -0.25) is 0 Å². The molecule has 0 unspecified atom stereocenters. The summed E-state index contributed by atoms with van der Waals surface area (Å²) >= 11 is 0. The summed E-state index contributed by atoms with van der Waals surface area (Å²) in [6.07, 6.45) is -3.54. The number of fused-ring (bicyclic) bond motifs is 1. The fourth-order valence-corrected chi connectivity index (χ4v) is 1.87. The Hall–Kier alpha value is -1.65. The molecule has 2 aromatic rings. The van der Waals surface area contributed by atoms with Crippen LogP contribution in [0.5, 0.6) is 5.75 Å². The molecule has 0 amide bonds. The first kappa shape index (κ1) is 14.8. The standard InChI is InChI=1S/C15H18F3NO/c1-14(2,3)7-8-20-12-6-4-5-11-10(12)9-13(19-11)15(16,17)18/h4-6,9,19H,7-8H2,1-3H3. The Morgan fingerprint density at radius 1 is 1.15 bits per heavy atom. The van der Waals surface area contributed by atoms with Crippen molar-refractivity contribution in [1.29, 1.82) is 0 Å². The molecule has 2 nitrogen and oxygen atoms in total. The van der Waals surface area contributed by atoms with Gasteiger partial charge in [-0.05, 0) is 30.0 Å². The van der Waals surface area contributed by atoms with Crippen LogP contribution >= 0.6 is 0 Å². The van der Waals surface area contributed by atoms with Crippen LogP contribution in [0.3, 0.4) is 0 Å². The fraction of sp³-hybridized carbons (Fsp3) is 0.467. The maximum absolute atomic E-state index is 12.7. The number of rotatable bonds is 3. The summed E-state index contributed by atoms with van der Waals surface area (Å²) in [4.78, 5) is 2.38.